The summed E-state index contributed by atoms with van der Waals surface area (Å²) >= 11 is 5.26. The molecule has 0 spiro atoms. The number of nitrogens with zero attached hydrogens (tertiary/aromatic N) is 1. The third-order valence-electron chi connectivity index (χ3n) is 3.30. The first-order chi connectivity index (χ1) is 8.31. The Bertz CT molecular complexity index is 407. The predicted molar refractivity (Wildman–Crippen MR) is 76.0 cm³/mol. The van der Waals surface area contributed by atoms with Gasteiger partial charge in [-0.05, 0) is 46.8 Å². The lowest BCUT2D eigenvalue weighted by atomic mass is 9.87. The zero-order valence-corrected chi connectivity index (χ0v) is 12.1. The highest BCUT2D eigenvalue weighted by atomic mass is 79.9. The van der Waals surface area contributed by atoms with Crippen LogP contribution in [-0.4, -0.2) is 5.25 Å². The minimum absolute atomic E-state index is 0.106. The Balaban J connectivity index is 2.05. The molecule has 0 N–H and O–H groups in total. The predicted octanol–water partition coefficient (Wildman–Crippen LogP) is 5.01. The van der Waals surface area contributed by atoms with Gasteiger partial charge in [-0.25, -0.2) is 0 Å². The Hall–Kier alpha value is -0.460. The number of thioether (sulfide) groups is 1. The van der Waals surface area contributed by atoms with E-state index in [9.17, 15) is 5.26 Å². The van der Waals surface area contributed by atoms with Gasteiger partial charge in [-0.15, -0.1) is 11.8 Å². The van der Waals surface area contributed by atoms with E-state index in [1.165, 1.54) is 37.0 Å². The van der Waals surface area contributed by atoms with Crippen LogP contribution in [0.1, 0.15) is 32.1 Å². The fourth-order valence-corrected chi connectivity index (χ4v) is 4.04. The van der Waals surface area contributed by atoms with Crippen LogP contribution in [-0.2, 0) is 0 Å². The van der Waals surface area contributed by atoms with Crippen LogP contribution in [0.2, 0.25) is 0 Å². The third-order valence-corrected chi connectivity index (χ3v) is 5.60. The fourth-order valence-electron chi connectivity index (χ4n) is 2.34. The normalized spacial score (nSPS) is 18.6. The molecular formula is C14H16BrNS. The van der Waals surface area contributed by atoms with E-state index in [1.807, 2.05) is 18.2 Å². The van der Waals surface area contributed by atoms with Crippen molar-refractivity contribution in [3.05, 3.63) is 28.7 Å². The van der Waals surface area contributed by atoms with Gasteiger partial charge >= 0.3 is 0 Å². The molecule has 17 heavy (non-hydrogen) atoms. The minimum atomic E-state index is 0.106. The Labute approximate surface area is 116 Å². The van der Waals surface area contributed by atoms with Gasteiger partial charge in [-0.2, -0.15) is 5.26 Å². The van der Waals surface area contributed by atoms with Crippen molar-refractivity contribution in [3.8, 4) is 6.07 Å². The van der Waals surface area contributed by atoms with Crippen LogP contribution in [0.15, 0.2) is 33.6 Å². The van der Waals surface area contributed by atoms with Crippen molar-refractivity contribution in [3.63, 3.8) is 0 Å². The molecule has 1 saturated carbocycles. The van der Waals surface area contributed by atoms with Crippen molar-refractivity contribution in [2.24, 2.45) is 5.92 Å². The van der Waals surface area contributed by atoms with E-state index in [4.69, 9.17) is 0 Å². The van der Waals surface area contributed by atoms with E-state index in [2.05, 4.69) is 28.1 Å². The van der Waals surface area contributed by atoms with E-state index in [1.54, 1.807) is 11.8 Å². The summed E-state index contributed by atoms with van der Waals surface area (Å²) in [6, 6.07) is 10.7. The fraction of sp³-hybridized carbons (Fsp3) is 0.500. The smallest absolute Gasteiger partial charge is 0.0992 e. The van der Waals surface area contributed by atoms with Crippen LogP contribution in [0.5, 0.6) is 0 Å². The monoisotopic (exact) mass is 309 g/mol. The molecule has 0 radical (unpaired) electrons. The molecule has 2 rings (SSSR count). The number of halogens is 1. The van der Waals surface area contributed by atoms with Crippen LogP contribution in [0.3, 0.4) is 0 Å². The number of hydrogen-bond donors (Lipinski definition) is 0. The maximum atomic E-state index is 9.34. The molecule has 1 aromatic carbocycles. The molecular weight excluding hydrogens is 294 g/mol. The van der Waals surface area contributed by atoms with E-state index in [0.717, 1.165) is 4.47 Å². The van der Waals surface area contributed by atoms with Crippen LogP contribution < -0.4 is 0 Å². The van der Waals surface area contributed by atoms with Gasteiger partial charge in [0.15, 0.2) is 0 Å². The average Bonchev–Trinajstić information content (AvgIpc) is 2.39. The summed E-state index contributed by atoms with van der Waals surface area (Å²) < 4.78 is 1.10. The maximum absolute atomic E-state index is 9.34. The van der Waals surface area contributed by atoms with Gasteiger partial charge < -0.3 is 0 Å². The quantitative estimate of drug-likeness (QED) is 0.732. The Morgan fingerprint density at radius 3 is 2.59 bits per heavy atom. The highest BCUT2D eigenvalue weighted by molar-refractivity contribution is 9.10. The van der Waals surface area contributed by atoms with Gasteiger partial charge in [0.2, 0.25) is 0 Å². The highest BCUT2D eigenvalue weighted by Crippen LogP contribution is 2.38. The topological polar surface area (TPSA) is 23.8 Å². The molecule has 0 aromatic heterocycles. The van der Waals surface area contributed by atoms with Gasteiger partial charge in [0.05, 0.1) is 11.3 Å². The van der Waals surface area contributed by atoms with Crippen LogP contribution in [0, 0.1) is 17.2 Å². The molecule has 3 heteroatoms. The summed E-state index contributed by atoms with van der Waals surface area (Å²) in [6.45, 7) is 0. The van der Waals surface area contributed by atoms with Gasteiger partial charge in [-0.3, -0.25) is 0 Å². The molecule has 0 heterocycles. The average molecular weight is 310 g/mol. The van der Waals surface area contributed by atoms with E-state index in [0.29, 0.717) is 5.92 Å². The molecule has 1 aromatic rings. The van der Waals surface area contributed by atoms with Crippen molar-refractivity contribution in [2.75, 3.05) is 0 Å². The van der Waals surface area contributed by atoms with Gasteiger partial charge in [-0.1, -0.05) is 31.4 Å². The second kappa shape index (κ2) is 6.47. The van der Waals surface area contributed by atoms with Crippen LogP contribution >= 0.6 is 27.7 Å². The van der Waals surface area contributed by atoms with Gasteiger partial charge in [0, 0.05) is 9.37 Å². The molecule has 0 bridgehead atoms. The summed E-state index contributed by atoms with van der Waals surface area (Å²) in [4.78, 5) is 1.18. The SMILES string of the molecule is N#CC(Sc1ccccc1Br)C1CCCCC1. The lowest BCUT2D eigenvalue weighted by Crippen LogP contribution is -2.18. The number of rotatable bonds is 3. The summed E-state index contributed by atoms with van der Waals surface area (Å²) in [5, 5.41) is 9.45. The van der Waals surface area contributed by atoms with Crippen LogP contribution in [0.25, 0.3) is 0 Å². The number of nitriles is 1. The largest absolute Gasteiger partial charge is 0.197 e. The van der Waals surface area contributed by atoms with Crippen molar-refractivity contribution in [1.29, 1.82) is 5.26 Å². The van der Waals surface area contributed by atoms with Gasteiger partial charge in [0.1, 0.15) is 0 Å². The second-order valence-electron chi connectivity index (χ2n) is 4.50. The van der Waals surface area contributed by atoms with Crippen molar-refractivity contribution >= 4 is 27.7 Å². The zero-order valence-electron chi connectivity index (χ0n) is 9.73. The first-order valence-corrected chi connectivity index (χ1v) is 7.79. The summed E-state index contributed by atoms with van der Waals surface area (Å²) in [5.41, 5.74) is 0. The summed E-state index contributed by atoms with van der Waals surface area (Å²) in [7, 11) is 0. The Morgan fingerprint density at radius 2 is 1.94 bits per heavy atom. The minimum Gasteiger partial charge on any atom is -0.197 e. The van der Waals surface area contributed by atoms with Gasteiger partial charge in [0.25, 0.3) is 0 Å². The number of hydrogen-bond acceptors (Lipinski definition) is 2. The molecule has 0 amide bonds. The van der Waals surface area contributed by atoms with Crippen molar-refractivity contribution < 1.29 is 0 Å². The second-order valence-corrected chi connectivity index (χ2v) is 6.53. The molecule has 1 unspecified atom stereocenters. The van der Waals surface area contributed by atoms with Crippen LogP contribution in [0.4, 0.5) is 0 Å². The lowest BCUT2D eigenvalue weighted by molar-refractivity contribution is 0.370. The van der Waals surface area contributed by atoms with E-state index >= 15 is 0 Å². The summed E-state index contributed by atoms with van der Waals surface area (Å²) in [5.74, 6) is 0.575. The standard InChI is InChI=1S/C14H16BrNS/c15-12-8-4-5-9-13(12)17-14(10-16)11-6-2-1-3-7-11/h4-5,8-9,11,14H,1-3,6-7H2. The number of benzene rings is 1. The molecule has 1 fully saturated rings. The Kier molecular flexibility index (Phi) is 4.94. The molecule has 1 atom stereocenters. The molecule has 90 valence electrons. The first kappa shape index (κ1) is 13.0. The molecule has 1 aliphatic rings. The maximum Gasteiger partial charge on any atom is 0.0992 e. The molecule has 0 aliphatic heterocycles. The lowest BCUT2D eigenvalue weighted by Gasteiger charge is -2.25. The molecule has 1 nitrogen and oxygen atoms in total. The first-order valence-electron chi connectivity index (χ1n) is 6.12. The van der Waals surface area contributed by atoms with Crippen molar-refractivity contribution in [1.82, 2.24) is 0 Å². The highest BCUT2D eigenvalue weighted by Gasteiger charge is 2.24. The molecule has 1 aliphatic carbocycles. The Morgan fingerprint density at radius 1 is 1.24 bits per heavy atom. The summed E-state index contributed by atoms with van der Waals surface area (Å²) in [6.07, 6.45) is 6.36. The van der Waals surface area contributed by atoms with Crippen molar-refractivity contribution in [2.45, 2.75) is 42.2 Å². The van der Waals surface area contributed by atoms with E-state index in [-0.39, 0.29) is 5.25 Å². The van der Waals surface area contributed by atoms with E-state index < -0.39 is 0 Å². The zero-order chi connectivity index (χ0) is 12.1. The molecule has 0 saturated heterocycles. The third kappa shape index (κ3) is 3.50.